The molecule has 1 saturated carbocycles. The molecule has 0 bridgehead atoms. The minimum atomic E-state index is -3.30. The van der Waals surface area contributed by atoms with E-state index in [1.165, 1.54) is 0 Å². The highest BCUT2D eigenvalue weighted by molar-refractivity contribution is 7.90. The molecule has 2 aromatic rings. The van der Waals surface area contributed by atoms with Crippen molar-refractivity contribution >= 4 is 21.4 Å². The molecule has 1 amide bonds. The molecule has 0 radical (unpaired) electrons. The summed E-state index contributed by atoms with van der Waals surface area (Å²) in [6, 6.07) is 8.25. The summed E-state index contributed by atoms with van der Waals surface area (Å²) in [5.74, 6) is -0.215. The van der Waals surface area contributed by atoms with Crippen LogP contribution in [0.15, 0.2) is 40.0 Å². The van der Waals surface area contributed by atoms with Gasteiger partial charge in [-0.1, -0.05) is 31.4 Å². The fourth-order valence-electron chi connectivity index (χ4n) is 3.88. The van der Waals surface area contributed by atoms with Crippen LogP contribution in [0.4, 0.5) is 5.69 Å². The SMILES string of the molecule is Cc1cc(NC(=O)C2(c3ccc(S(C)(=O)=O)cc3)CCCCC2)c(=O)[nH]c1C. The number of benzene rings is 1. The van der Waals surface area contributed by atoms with Crippen molar-refractivity contribution in [3.05, 3.63) is 57.5 Å². The van der Waals surface area contributed by atoms with E-state index in [1.807, 2.05) is 13.8 Å². The smallest absolute Gasteiger partial charge is 0.271 e. The molecule has 6 nitrogen and oxygen atoms in total. The molecule has 0 saturated heterocycles. The molecule has 0 unspecified atom stereocenters. The number of anilines is 1. The van der Waals surface area contributed by atoms with E-state index in [9.17, 15) is 18.0 Å². The third-order valence-electron chi connectivity index (χ3n) is 5.72. The van der Waals surface area contributed by atoms with Crippen LogP contribution in [0.1, 0.15) is 48.9 Å². The summed E-state index contributed by atoms with van der Waals surface area (Å²) in [6.45, 7) is 3.69. The van der Waals surface area contributed by atoms with Gasteiger partial charge in [-0.3, -0.25) is 9.59 Å². The molecule has 1 aliphatic carbocycles. The lowest BCUT2D eigenvalue weighted by atomic mass is 9.68. The molecule has 1 fully saturated rings. The summed E-state index contributed by atoms with van der Waals surface area (Å²) in [5, 5.41) is 2.83. The monoisotopic (exact) mass is 402 g/mol. The normalized spacial score (nSPS) is 16.5. The van der Waals surface area contributed by atoms with E-state index in [-0.39, 0.29) is 22.0 Å². The van der Waals surface area contributed by atoms with Crippen molar-refractivity contribution in [2.24, 2.45) is 0 Å². The van der Waals surface area contributed by atoms with E-state index in [1.54, 1.807) is 30.3 Å². The maximum absolute atomic E-state index is 13.3. The van der Waals surface area contributed by atoms with Crippen LogP contribution < -0.4 is 10.9 Å². The summed E-state index contributed by atoms with van der Waals surface area (Å²) < 4.78 is 23.5. The molecule has 2 N–H and O–H groups in total. The fraction of sp³-hybridized carbons (Fsp3) is 0.429. The number of hydrogen-bond acceptors (Lipinski definition) is 4. The quantitative estimate of drug-likeness (QED) is 0.821. The number of H-pyrrole nitrogens is 1. The Bertz CT molecular complexity index is 1050. The second-order valence-electron chi connectivity index (χ2n) is 7.71. The van der Waals surface area contributed by atoms with Crippen molar-refractivity contribution in [2.45, 2.75) is 56.3 Å². The summed E-state index contributed by atoms with van der Waals surface area (Å²) in [7, 11) is -3.30. The molecule has 1 aromatic heterocycles. The van der Waals surface area contributed by atoms with Gasteiger partial charge in [0.2, 0.25) is 5.91 Å². The van der Waals surface area contributed by atoms with Crippen molar-refractivity contribution < 1.29 is 13.2 Å². The summed E-state index contributed by atoms with van der Waals surface area (Å²) >= 11 is 0. The van der Waals surface area contributed by atoms with Crippen molar-refractivity contribution in [1.82, 2.24) is 4.98 Å². The second-order valence-corrected chi connectivity index (χ2v) is 9.73. The molecular formula is C21H26N2O4S. The molecule has 0 aliphatic heterocycles. The Kier molecular flexibility index (Phi) is 5.48. The van der Waals surface area contributed by atoms with Crippen LogP contribution in [-0.4, -0.2) is 25.6 Å². The van der Waals surface area contributed by atoms with Crippen LogP contribution >= 0.6 is 0 Å². The maximum atomic E-state index is 13.3. The highest BCUT2D eigenvalue weighted by Gasteiger charge is 2.41. The number of carbonyl (C=O) groups excluding carboxylic acids is 1. The molecule has 1 aromatic carbocycles. The van der Waals surface area contributed by atoms with E-state index in [4.69, 9.17) is 0 Å². The number of sulfone groups is 1. The summed E-state index contributed by atoms with van der Waals surface area (Å²) in [6.07, 6.45) is 5.37. The number of pyridine rings is 1. The second kappa shape index (κ2) is 7.54. The Hall–Kier alpha value is -2.41. The first kappa shape index (κ1) is 20.3. The third kappa shape index (κ3) is 3.90. The average Bonchev–Trinajstić information content (AvgIpc) is 2.66. The third-order valence-corrected chi connectivity index (χ3v) is 6.85. The molecule has 150 valence electrons. The Morgan fingerprint density at radius 1 is 1.07 bits per heavy atom. The van der Waals surface area contributed by atoms with Gasteiger partial charge in [0.25, 0.3) is 5.56 Å². The predicted octanol–water partition coefficient (Wildman–Crippen LogP) is 3.24. The predicted molar refractivity (Wildman–Crippen MR) is 109 cm³/mol. The number of amides is 1. The van der Waals surface area contributed by atoms with E-state index < -0.39 is 15.3 Å². The van der Waals surface area contributed by atoms with Crippen LogP contribution in [0, 0.1) is 13.8 Å². The highest BCUT2D eigenvalue weighted by Crippen LogP contribution is 2.40. The van der Waals surface area contributed by atoms with Crippen molar-refractivity contribution in [3.63, 3.8) is 0 Å². The molecule has 1 aliphatic rings. The first-order chi connectivity index (χ1) is 13.1. The van der Waals surface area contributed by atoms with Gasteiger partial charge in [-0.2, -0.15) is 0 Å². The van der Waals surface area contributed by atoms with Gasteiger partial charge in [-0.15, -0.1) is 0 Å². The van der Waals surface area contributed by atoms with Gasteiger partial charge in [0.05, 0.1) is 10.3 Å². The number of aromatic nitrogens is 1. The number of hydrogen-bond donors (Lipinski definition) is 2. The van der Waals surface area contributed by atoms with E-state index >= 15 is 0 Å². The Morgan fingerprint density at radius 3 is 2.25 bits per heavy atom. The minimum absolute atomic E-state index is 0.215. The molecular weight excluding hydrogens is 376 g/mol. The lowest BCUT2D eigenvalue weighted by Gasteiger charge is -2.36. The largest absolute Gasteiger partial charge is 0.324 e. The number of nitrogens with one attached hydrogen (secondary N) is 2. The van der Waals surface area contributed by atoms with Crippen LogP contribution in [0.2, 0.25) is 0 Å². The molecule has 1 heterocycles. The Balaban J connectivity index is 1.99. The van der Waals surface area contributed by atoms with E-state index in [2.05, 4.69) is 10.3 Å². The zero-order chi connectivity index (χ0) is 20.5. The molecule has 28 heavy (non-hydrogen) atoms. The van der Waals surface area contributed by atoms with Gasteiger partial charge in [0.1, 0.15) is 5.69 Å². The van der Waals surface area contributed by atoms with Crippen LogP contribution in [0.3, 0.4) is 0 Å². The number of aryl methyl sites for hydroxylation is 2. The van der Waals surface area contributed by atoms with E-state index in [0.717, 1.165) is 42.3 Å². The standard InChI is InChI=1S/C21H26N2O4S/c1-14-13-18(19(24)22-15(14)2)23-20(25)21(11-5-4-6-12-21)16-7-9-17(10-8-16)28(3,26)27/h7-10,13H,4-6,11-12H2,1-3H3,(H,22,24)(H,23,25). The molecule has 0 spiro atoms. The van der Waals surface area contributed by atoms with Gasteiger partial charge in [0, 0.05) is 11.9 Å². The zero-order valence-corrected chi connectivity index (χ0v) is 17.3. The van der Waals surface area contributed by atoms with Crippen molar-refractivity contribution in [3.8, 4) is 0 Å². The average molecular weight is 403 g/mol. The Labute approximate surface area is 165 Å². The van der Waals surface area contributed by atoms with E-state index in [0.29, 0.717) is 12.8 Å². The molecule has 3 rings (SSSR count). The van der Waals surface area contributed by atoms with Gasteiger partial charge in [-0.05, 0) is 56.0 Å². The molecule has 7 heteroatoms. The summed E-state index contributed by atoms with van der Waals surface area (Å²) in [4.78, 5) is 28.6. The van der Waals surface area contributed by atoms with Crippen molar-refractivity contribution in [2.75, 3.05) is 11.6 Å². The number of rotatable bonds is 4. The van der Waals surface area contributed by atoms with Crippen LogP contribution in [-0.2, 0) is 20.0 Å². The van der Waals surface area contributed by atoms with Gasteiger partial charge in [0.15, 0.2) is 9.84 Å². The minimum Gasteiger partial charge on any atom is -0.324 e. The molecule has 0 atom stereocenters. The van der Waals surface area contributed by atoms with Gasteiger partial charge >= 0.3 is 0 Å². The topological polar surface area (TPSA) is 96.1 Å². The lowest BCUT2D eigenvalue weighted by molar-refractivity contribution is -0.122. The van der Waals surface area contributed by atoms with Crippen LogP contribution in [0.25, 0.3) is 0 Å². The zero-order valence-electron chi connectivity index (χ0n) is 16.5. The lowest BCUT2D eigenvalue weighted by Crippen LogP contribution is -2.43. The first-order valence-corrected chi connectivity index (χ1v) is 11.4. The maximum Gasteiger partial charge on any atom is 0.271 e. The fourth-order valence-corrected chi connectivity index (χ4v) is 4.52. The summed E-state index contributed by atoms with van der Waals surface area (Å²) in [5.41, 5.74) is 1.61. The Morgan fingerprint density at radius 2 is 1.68 bits per heavy atom. The highest BCUT2D eigenvalue weighted by atomic mass is 32.2. The number of aromatic amines is 1. The number of carbonyl (C=O) groups is 1. The van der Waals surface area contributed by atoms with Gasteiger partial charge < -0.3 is 10.3 Å². The van der Waals surface area contributed by atoms with Gasteiger partial charge in [-0.25, -0.2) is 8.42 Å². The van der Waals surface area contributed by atoms with Crippen LogP contribution in [0.5, 0.6) is 0 Å². The van der Waals surface area contributed by atoms with Crippen molar-refractivity contribution in [1.29, 1.82) is 0 Å². The first-order valence-electron chi connectivity index (χ1n) is 9.46.